The monoisotopic (exact) mass is 381 g/mol. The molecule has 0 radical (unpaired) electrons. The van der Waals surface area contributed by atoms with Gasteiger partial charge in [0.1, 0.15) is 7.05 Å². The molecule has 0 saturated heterocycles. The molecule has 5 aromatic rings. The molecule has 144 valence electrons. The number of nitrogens with zero attached hydrogens (tertiary/aromatic N) is 2. The van der Waals surface area contributed by atoms with Gasteiger partial charge in [-0.15, -0.1) is 0 Å². The lowest BCUT2D eigenvalue weighted by Crippen LogP contribution is -2.32. The molecule has 3 aromatic heterocycles. The van der Waals surface area contributed by atoms with E-state index in [0.29, 0.717) is 11.6 Å². The molecule has 0 unspecified atom stereocenters. The quantitative estimate of drug-likeness (QED) is 0.333. The summed E-state index contributed by atoms with van der Waals surface area (Å²) in [4.78, 5) is 4.50. The molecule has 0 bridgehead atoms. The summed E-state index contributed by atoms with van der Waals surface area (Å²) in [6.07, 6.45) is 4.02. The maximum atomic E-state index is 6.39. The Morgan fingerprint density at radius 3 is 2.45 bits per heavy atom. The summed E-state index contributed by atoms with van der Waals surface area (Å²) < 4.78 is 8.61. The molecular formula is C26H25N2O+. The van der Waals surface area contributed by atoms with Crippen LogP contribution in [0, 0.1) is 13.8 Å². The van der Waals surface area contributed by atoms with E-state index in [9.17, 15) is 0 Å². The van der Waals surface area contributed by atoms with Gasteiger partial charge >= 0.3 is 0 Å². The molecule has 0 fully saturated rings. The standard InChI is InChI=1S/C26H25N2O/c1-15(2)21-13-22(28(5)14-16(21)3)23-17(4)18-9-6-7-10-19(18)24-20-11-8-12-27-26(20)29-25(23)24/h6-15H,1-5H3/q+1. The number of hydrogen-bond acceptors (Lipinski definition) is 2. The van der Waals surface area contributed by atoms with Crippen molar-refractivity contribution in [3.05, 3.63) is 71.5 Å². The lowest BCUT2D eigenvalue weighted by Gasteiger charge is -2.14. The van der Waals surface area contributed by atoms with Crippen LogP contribution in [0.25, 0.3) is 44.1 Å². The fourth-order valence-electron chi connectivity index (χ4n) is 4.69. The molecule has 3 heterocycles. The molecule has 0 saturated carbocycles. The summed E-state index contributed by atoms with van der Waals surface area (Å²) >= 11 is 0. The van der Waals surface area contributed by atoms with Crippen LogP contribution in [-0.2, 0) is 7.05 Å². The van der Waals surface area contributed by atoms with Crippen LogP contribution in [0.5, 0.6) is 0 Å². The maximum Gasteiger partial charge on any atom is 0.227 e. The van der Waals surface area contributed by atoms with Crippen LogP contribution in [0.15, 0.2) is 59.3 Å². The topological polar surface area (TPSA) is 29.9 Å². The number of hydrogen-bond donors (Lipinski definition) is 0. The minimum atomic E-state index is 0.462. The van der Waals surface area contributed by atoms with E-state index in [-0.39, 0.29) is 0 Å². The first-order valence-corrected chi connectivity index (χ1v) is 10.2. The van der Waals surface area contributed by atoms with Crippen molar-refractivity contribution in [3.63, 3.8) is 0 Å². The van der Waals surface area contributed by atoms with Crippen LogP contribution in [0.1, 0.15) is 36.5 Å². The van der Waals surface area contributed by atoms with Crippen molar-refractivity contribution >= 4 is 32.8 Å². The number of aromatic nitrogens is 2. The molecule has 0 aliphatic carbocycles. The average Bonchev–Trinajstić information content (AvgIpc) is 3.08. The van der Waals surface area contributed by atoms with E-state index in [2.05, 4.69) is 86.9 Å². The summed E-state index contributed by atoms with van der Waals surface area (Å²) in [5.41, 5.74) is 7.86. The van der Waals surface area contributed by atoms with Crippen LogP contribution in [0.2, 0.25) is 0 Å². The van der Waals surface area contributed by atoms with Crippen LogP contribution >= 0.6 is 0 Å². The van der Waals surface area contributed by atoms with Crippen LogP contribution in [-0.4, -0.2) is 4.98 Å². The van der Waals surface area contributed by atoms with E-state index in [1.165, 1.54) is 33.2 Å². The highest BCUT2D eigenvalue weighted by Crippen LogP contribution is 2.42. The number of aryl methyl sites for hydroxylation is 3. The minimum absolute atomic E-state index is 0.462. The van der Waals surface area contributed by atoms with Crippen molar-refractivity contribution in [3.8, 4) is 11.3 Å². The van der Waals surface area contributed by atoms with Crippen molar-refractivity contribution in [1.29, 1.82) is 0 Å². The van der Waals surface area contributed by atoms with Gasteiger partial charge in [0.25, 0.3) is 0 Å². The molecule has 29 heavy (non-hydrogen) atoms. The first-order chi connectivity index (χ1) is 14.0. The molecule has 5 rings (SSSR count). The van der Waals surface area contributed by atoms with E-state index in [1.807, 2.05) is 6.07 Å². The molecule has 3 nitrogen and oxygen atoms in total. The minimum Gasteiger partial charge on any atom is -0.437 e. The molecule has 0 atom stereocenters. The van der Waals surface area contributed by atoms with Gasteiger partial charge in [-0.2, -0.15) is 0 Å². The Morgan fingerprint density at radius 2 is 1.69 bits per heavy atom. The molecule has 0 aliphatic rings. The normalized spacial score (nSPS) is 11.9. The van der Waals surface area contributed by atoms with Gasteiger partial charge in [0.05, 0.1) is 5.56 Å². The van der Waals surface area contributed by atoms with E-state index in [0.717, 1.165) is 21.9 Å². The third kappa shape index (κ3) is 2.57. The number of rotatable bonds is 2. The fourth-order valence-corrected chi connectivity index (χ4v) is 4.69. The number of pyridine rings is 2. The second kappa shape index (κ2) is 6.41. The van der Waals surface area contributed by atoms with Gasteiger partial charge in [0.15, 0.2) is 11.8 Å². The van der Waals surface area contributed by atoms with E-state index >= 15 is 0 Å². The first kappa shape index (κ1) is 17.9. The van der Waals surface area contributed by atoms with E-state index in [4.69, 9.17) is 4.42 Å². The first-order valence-electron chi connectivity index (χ1n) is 10.2. The molecular weight excluding hydrogens is 356 g/mol. The maximum absolute atomic E-state index is 6.39. The second-order valence-electron chi connectivity index (χ2n) is 8.27. The van der Waals surface area contributed by atoms with Gasteiger partial charge in [-0.25, -0.2) is 9.55 Å². The molecule has 3 heteroatoms. The lowest BCUT2D eigenvalue weighted by molar-refractivity contribution is -0.660. The molecule has 0 aliphatic heterocycles. The summed E-state index contributed by atoms with van der Waals surface area (Å²) in [6, 6.07) is 15.0. The van der Waals surface area contributed by atoms with E-state index in [1.54, 1.807) is 6.20 Å². The van der Waals surface area contributed by atoms with Crippen molar-refractivity contribution in [2.45, 2.75) is 33.6 Å². The van der Waals surface area contributed by atoms with Crippen molar-refractivity contribution in [1.82, 2.24) is 4.98 Å². The highest BCUT2D eigenvalue weighted by molar-refractivity contribution is 6.22. The number of benzene rings is 2. The van der Waals surface area contributed by atoms with Gasteiger partial charge in [0, 0.05) is 28.6 Å². The Kier molecular flexibility index (Phi) is 3.95. The number of furan rings is 1. The molecule has 0 N–H and O–H groups in total. The summed E-state index contributed by atoms with van der Waals surface area (Å²) in [6.45, 7) is 8.89. The van der Waals surface area contributed by atoms with Crippen molar-refractivity contribution in [2.24, 2.45) is 7.05 Å². The summed E-state index contributed by atoms with van der Waals surface area (Å²) in [7, 11) is 2.12. The molecule has 0 spiro atoms. The zero-order chi connectivity index (χ0) is 20.3. The van der Waals surface area contributed by atoms with Crippen LogP contribution in [0.3, 0.4) is 0 Å². The van der Waals surface area contributed by atoms with Gasteiger partial charge in [-0.1, -0.05) is 38.1 Å². The summed E-state index contributed by atoms with van der Waals surface area (Å²) in [5.74, 6) is 0.462. The smallest absolute Gasteiger partial charge is 0.227 e. The zero-order valence-corrected chi connectivity index (χ0v) is 17.6. The summed E-state index contributed by atoms with van der Waals surface area (Å²) in [5, 5.41) is 4.69. The van der Waals surface area contributed by atoms with Gasteiger partial charge < -0.3 is 4.42 Å². The fraction of sp³-hybridized carbons (Fsp3) is 0.231. The highest BCUT2D eigenvalue weighted by atomic mass is 16.3. The van der Waals surface area contributed by atoms with Crippen molar-refractivity contribution in [2.75, 3.05) is 0 Å². The van der Waals surface area contributed by atoms with Gasteiger partial charge in [0.2, 0.25) is 11.4 Å². The highest BCUT2D eigenvalue weighted by Gasteiger charge is 2.25. The SMILES string of the molecule is Cc1c[n+](C)c(-c2c(C)c3ccccc3c3c2oc2ncccc23)cc1C(C)C. The zero-order valence-electron chi connectivity index (χ0n) is 17.6. The van der Waals surface area contributed by atoms with Gasteiger partial charge in [-0.3, -0.25) is 0 Å². The van der Waals surface area contributed by atoms with Crippen LogP contribution in [0.4, 0.5) is 0 Å². The van der Waals surface area contributed by atoms with Gasteiger partial charge in [-0.05, 0) is 53.8 Å². The number of fused-ring (bicyclic) bond motifs is 5. The van der Waals surface area contributed by atoms with E-state index < -0.39 is 0 Å². The third-order valence-corrected chi connectivity index (χ3v) is 6.06. The Bertz CT molecular complexity index is 1410. The lowest BCUT2D eigenvalue weighted by atomic mass is 9.91. The molecule has 0 amide bonds. The largest absolute Gasteiger partial charge is 0.437 e. The second-order valence-corrected chi connectivity index (χ2v) is 8.27. The average molecular weight is 381 g/mol. The van der Waals surface area contributed by atoms with Crippen molar-refractivity contribution < 1.29 is 8.98 Å². The predicted octanol–water partition coefficient (Wildman–Crippen LogP) is 6.37. The Morgan fingerprint density at radius 1 is 0.966 bits per heavy atom. The third-order valence-electron chi connectivity index (χ3n) is 6.06. The Hall–Kier alpha value is -3.20. The Balaban J connectivity index is 2.02. The van der Waals surface area contributed by atoms with Crippen LogP contribution < -0.4 is 4.57 Å². The molecule has 2 aromatic carbocycles. The Labute approximate surface area is 170 Å². The predicted molar refractivity (Wildman–Crippen MR) is 119 cm³/mol.